The number of nitrogens with one attached hydrogen (secondary N) is 1. The molecule has 20 heavy (non-hydrogen) atoms. The second-order valence-corrected chi connectivity index (χ2v) is 7.82. The quantitative estimate of drug-likeness (QED) is 0.842. The van der Waals surface area contributed by atoms with Gasteiger partial charge in [0, 0.05) is 29.3 Å². The van der Waals surface area contributed by atoms with Gasteiger partial charge in [-0.3, -0.25) is 9.69 Å². The molecule has 4 nitrogen and oxygen atoms in total. The van der Waals surface area contributed by atoms with Crippen LogP contribution in [-0.4, -0.2) is 40.9 Å². The number of carbonyl (C=O) groups excluding carboxylic acids is 1. The van der Waals surface area contributed by atoms with Crippen LogP contribution in [-0.2, 0) is 4.79 Å². The van der Waals surface area contributed by atoms with E-state index >= 15 is 0 Å². The number of hydrogen-bond acceptors (Lipinski definition) is 4. The molecule has 0 atom stereocenters. The van der Waals surface area contributed by atoms with Gasteiger partial charge in [-0.15, -0.1) is 0 Å². The number of nitrogen functional groups attached to an aromatic ring is 1. The third-order valence-corrected chi connectivity index (χ3v) is 4.76. The third kappa shape index (κ3) is 4.30. The molecule has 0 aliphatic carbocycles. The summed E-state index contributed by atoms with van der Waals surface area (Å²) in [4.78, 5) is 14.3. The Morgan fingerprint density at radius 2 is 2.30 bits per heavy atom. The zero-order chi connectivity index (χ0) is 14.8. The molecule has 0 aromatic heterocycles. The van der Waals surface area contributed by atoms with Crippen molar-refractivity contribution in [1.29, 1.82) is 0 Å². The molecule has 0 saturated carbocycles. The number of benzene rings is 1. The molecule has 1 aromatic rings. The molecular weight excluding hydrogens is 294 g/mol. The van der Waals surface area contributed by atoms with E-state index in [9.17, 15) is 4.79 Å². The number of carbonyl (C=O) groups is 1. The van der Waals surface area contributed by atoms with Crippen molar-refractivity contribution in [3.63, 3.8) is 0 Å². The van der Waals surface area contributed by atoms with E-state index in [2.05, 4.69) is 24.1 Å². The maximum absolute atomic E-state index is 12.1. The summed E-state index contributed by atoms with van der Waals surface area (Å²) in [5, 5.41) is 3.33. The van der Waals surface area contributed by atoms with Gasteiger partial charge in [0.15, 0.2) is 0 Å². The highest BCUT2D eigenvalue weighted by Crippen LogP contribution is 2.29. The Labute approximate surface area is 129 Å². The number of thioether (sulfide) groups is 1. The van der Waals surface area contributed by atoms with Crippen LogP contribution in [0, 0.1) is 0 Å². The number of hydrogen-bond donors (Lipinski definition) is 2. The summed E-state index contributed by atoms with van der Waals surface area (Å²) in [5.74, 6) is 1.000. The van der Waals surface area contributed by atoms with Crippen LogP contribution in [0.2, 0.25) is 5.02 Å². The van der Waals surface area contributed by atoms with Crippen molar-refractivity contribution in [1.82, 2.24) is 4.90 Å². The summed E-state index contributed by atoms with van der Waals surface area (Å²) >= 11 is 7.99. The molecule has 3 N–H and O–H groups in total. The van der Waals surface area contributed by atoms with E-state index in [0.29, 0.717) is 22.9 Å². The van der Waals surface area contributed by atoms with Crippen molar-refractivity contribution in [3.8, 4) is 0 Å². The Morgan fingerprint density at radius 3 is 3.00 bits per heavy atom. The Bertz CT molecular complexity index is 507. The molecule has 6 heteroatoms. The second kappa shape index (κ2) is 6.24. The number of amides is 1. The third-order valence-electron chi connectivity index (χ3n) is 3.14. The van der Waals surface area contributed by atoms with Crippen molar-refractivity contribution in [2.45, 2.75) is 18.6 Å². The maximum Gasteiger partial charge on any atom is 0.238 e. The second-order valence-electron chi connectivity index (χ2n) is 5.61. The average molecular weight is 314 g/mol. The smallest absolute Gasteiger partial charge is 0.238 e. The van der Waals surface area contributed by atoms with Crippen LogP contribution in [0.1, 0.15) is 13.8 Å². The van der Waals surface area contributed by atoms with E-state index in [1.165, 1.54) is 0 Å². The largest absolute Gasteiger partial charge is 0.399 e. The van der Waals surface area contributed by atoms with Gasteiger partial charge < -0.3 is 11.1 Å². The van der Waals surface area contributed by atoms with Gasteiger partial charge in [-0.1, -0.05) is 11.6 Å². The van der Waals surface area contributed by atoms with Gasteiger partial charge >= 0.3 is 0 Å². The number of rotatable bonds is 3. The molecule has 1 fully saturated rings. The molecule has 0 radical (unpaired) electrons. The van der Waals surface area contributed by atoms with Crippen molar-refractivity contribution in [3.05, 3.63) is 23.2 Å². The topological polar surface area (TPSA) is 58.4 Å². The van der Waals surface area contributed by atoms with E-state index < -0.39 is 0 Å². The van der Waals surface area contributed by atoms with E-state index in [1.54, 1.807) is 18.2 Å². The molecule has 0 unspecified atom stereocenters. The van der Waals surface area contributed by atoms with Gasteiger partial charge in [-0.25, -0.2) is 0 Å². The molecule has 1 heterocycles. The summed E-state index contributed by atoms with van der Waals surface area (Å²) in [7, 11) is 0. The minimum atomic E-state index is -0.0554. The van der Waals surface area contributed by atoms with Crippen LogP contribution in [0.25, 0.3) is 0 Å². The lowest BCUT2D eigenvalue weighted by Crippen LogP contribution is -2.46. The number of nitrogens with two attached hydrogens (primary N) is 1. The molecule has 1 aliphatic rings. The average Bonchev–Trinajstić information content (AvgIpc) is 2.32. The summed E-state index contributed by atoms with van der Waals surface area (Å²) in [5.41, 5.74) is 6.86. The van der Waals surface area contributed by atoms with E-state index in [0.717, 1.165) is 18.8 Å². The number of halogens is 1. The van der Waals surface area contributed by atoms with Crippen LogP contribution in [0.15, 0.2) is 18.2 Å². The van der Waals surface area contributed by atoms with Gasteiger partial charge in [-0.2, -0.15) is 11.8 Å². The van der Waals surface area contributed by atoms with Gasteiger partial charge in [0.05, 0.1) is 17.3 Å². The van der Waals surface area contributed by atoms with Crippen LogP contribution >= 0.6 is 23.4 Å². The highest BCUT2D eigenvalue weighted by molar-refractivity contribution is 8.00. The van der Waals surface area contributed by atoms with Crippen molar-refractivity contribution in [2.24, 2.45) is 0 Å². The van der Waals surface area contributed by atoms with E-state index in [1.807, 2.05) is 11.8 Å². The van der Waals surface area contributed by atoms with Gasteiger partial charge in [-0.05, 0) is 32.0 Å². The normalized spacial score (nSPS) is 18.8. The van der Waals surface area contributed by atoms with E-state index in [4.69, 9.17) is 17.3 Å². The lowest BCUT2D eigenvalue weighted by molar-refractivity contribution is -0.117. The molecule has 1 aliphatic heterocycles. The lowest BCUT2D eigenvalue weighted by atomic mass is 10.2. The Hall–Kier alpha value is -0.910. The predicted octanol–water partition coefficient (Wildman–Crippen LogP) is 2.69. The number of nitrogens with zero attached hydrogens (tertiary/aromatic N) is 1. The maximum atomic E-state index is 12.1. The predicted molar refractivity (Wildman–Crippen MR) is 87.5 cm³/mol. The Balaban J connectivity index is 1.94. The SMILES string of the molecule is CC1(C)CN(CC(=O)Nc2cc(N)ccc2Cl)CCS1. The van der Waals surface area contributed by atoms with Crippen LogP contribution in [0.4, 0.5) is 11.4 Å². The first kappa shape index (κ1) is 15.5. The van der Waals surface area contributed by atoms with Crippen LogP contribution < -0.4 is 11.1 Å². The van der Waals surface area contributed by atoms with Crippen molar-refractivity contribution in [2.75, 3.05) is 36.4 Å². The van der Waals surface area contributed by atoms with E-state index in [-0.39, 0.29) is 10.7 Å². The zero-order valence-electron chi connectivity index (χ0n) is 11.8. The molecule has 110 valence electrons. The fourth-order valence-corrected chi connectivity index (χ4v) is 3.62. The molecule has 2 rings (SSSR count). The minimum absolute atomic E-state index is 0.0554. The molecule has 0 bridgehead atoms. The van der Waals surface area contributed by atoms with Crippen molar-refractivity contribution < 1.29 is 4.79 Å². The molecular formula is C14H20ClN3OS. The minimum Gasteiger partial charge on any atom is -0.399 e. The molecule has 0 spiro atoms. The first-order chi connectivity index (χ1) is 9.35. The molecule has 1 amide bonds. The van der Waals surface area contributed by atoms with Crippen LogP contribution in [0.5, 0.6) is 0 Å². The van der Waals surface area contributed by atoms with Gasteiger partial charge in [0.1, 0.15) is 0 Å². The summed E-state index contributed by atoms with van der Waals surface area (Å²) < 4.78 is 0.202. The first-order valence-electron chi connectivity index (χ1n) is 6.57. The Morgan fingerprint density at radius 1 is 1.55 bits per heavy atom. The fourth-order valence-electron chi connectivity index (χ4n) is 2.28. The standard InChI is InChI=1S/C14H20ClN3OS/c1-14(2)9-18(5-6-20-14)8-13(19)17-12-7-10(16)3-4-11(12)15/h3-4,7H,5-6,8-9,16H2,1-2H3,(H,17,19). The summed E-state index contributed by atoms with van der Waals surface area (Å²) in [6.07, 6.45) is 0. The zero-order valence-corrected chi connectivity index (χ0v) is 13.4. The number of anilines is 2. The van der Waals surface area contributed by atoms with Gasteiger partial charge in [0.25, 0.3) is 0 Å². The highest BCUT2D eigenvalue weighted by Gasteiger charge is 2.27. The lowest BCUT2D eigenvalue weighted by Gasteiger charge is -2.37. The molecule has 1 aromatic carbocycles. The highest BCUT2D eigenvalue weighted by atomic mass is 35.5. The summed E-state index contributed by atoms with van der Waals surface area (Å²) in [6.45, 7) is 6.64. The fraction of sp³-hybridized carbons (Fsp3) is 0.500. The Kier molecular flexibility index (Phi) is 4.83. The molecule has 1 saturated heterocycles. The van der Waals surface area contributed by atoms with Crippen LogP contribution in [0.3, 0.4) is 0 Å². The monoisotopic (exact) mass is 313 g/mol. The van der Waals surface area contributed by atoms with Gasteiger partial charge in [0.2, 0.25) is 5.91 Å². The first-order valence-corrected chi connectivity index (χ1v) is 7.93. The van der Waals surface area contributed by atoms with Crippen molar-refractivity contribution >= 4 is 40.6 Å². The summed E-state index contributed by atoms with van der Waals surface area (Å²) in [6, 6.07) is 5.08.